The van der Waals surface area contributed by atoms with E-state index in [1.165, 1.54) is 12.1 Å². The number of nitrogens with zero attached hydrogens (tertiary/aromatic N) is 4. The molecule has 34 heavy (non-hydrogen) atoms. The van der Waals surface area contributed by atoms with Crippen LogP contribution in [0.3, 0.4) is 0 Å². The van der Waals surface area contributed by atoms with E-state index in [1.807, 2.05) is 6.20 Å². The van der Waals surface area contributed by atoms with Gasteiger partial charge in [-0.1, -0.05) is 35.6 Å². The number of alkyl halides is 3. The molecule has 1 aliphatic carbocycles. The molecule has 0 saturated carbocycles. The van der Waals surface area contributed by atoms with Crippen LogP contribution in [0.4, 0.5) is 13.2 Å². The number of likely N-dealkylation sites (tertiary alicyclic amines) is 1. The molecule has 1 aliphatic heterocycles. The van der Waals surface area contributed by atoms with E-state index in [9.17, 15) is 23.1 Å². The molecule has 3 heterocycles. The zero-order valence-electron chi connectivity index (χ0n) is 18.4. The summed E-state index contributed by atoms with van der Waals surface area (Å²) >= 11 is 0. The van der Waals surface area contributed by atoms with Crippen LogP contribution in [0.5, 0.6) is 0 Å². The number of aromatic nitrogens is 3. The number of hydrogen-bond donors (Lipinski definition) is 1. The molecule has 1 aromatic carbocycles. The average molecular weight is 470 g/mol. The zero-order valence-corrected chi connectivity index (χ0v) is 18.4. The van der Waals surface area contributed by atoms with Crippen LogP contribution in [-0.4, -0.2) is 49.9 Å². The summed E-state index contributed by atoms with van der Waals surface area (Å²) in [6.07, 6.45) is 7.22. The summed E-state index contributed by atoms with van der Waals surface area (Å²) in [6.45, 7) is 1.08. The molecule has 2 aromatic heterocycles. The summed E-state index contributed by atoms with van der Waals surface area (Å²) in [5.74, 6) is 0.121. The van der Waals surface area contributed by atoms with Gasteiger partial charge in [-0.05, 0) is 48.8 Å². The first-order valence-electron chi connectivity index (χ1n) is 11.4. The monoisotopic (exact) mass is 470 g/mol. The maximum atomic E-state index is 12.7. The fraction of sp³-hybridized carbons (Fsp3) is 0.400. The highest BCUT2D eigenvalue weighted by molar-refractivity contribution is 5.78. The summed E-state index contributed by atoms with van der Waals surface area (Å²) in [7, 11) is 0. The Hall–Kier alpha value is -3.20. The molecule has 0 bridgehead atoms. The van der Waals surface area contributed by atoms with Crippen molar-refractivity contribution >= 4 is 23.6 Å². The Morgan fingerprint density at radius 3 is 2.62 bits per heavy atom. The van der Waals surface area contributed by atoms with E-state index in [4.69, 9.17) is 0 Å². The number of rotatable bonds is 5. The normalized spacial score (nSPS) is 19.8. The number of fused-ring (bicyclic) bond motifs is 3. The minimum absolute atomic E-state index is 0.0765. The van der Waals surface area contributed by atoms with Gasteiger partial charge >= 0.3 is 6.18 Å². The van der Waals surface area contributed by atoms with Gasteiger partial charge in [0.15, 0.2) is 0 Å². The zero-order chi connectivity index (χ0) is 23.9. The Morgan fingerprint density at radius 1 is 1.18 bits per heavy atom. The standard InChI is InChI=1S/C25H25F3N4O2/c26-25(27,28)20-5-2-16(3-6-20)13-24(34)31-9-7-18(8-10-31)23(33)12-17-1-4-19-15-32-22(14-29-30-32)21(19)11-17/h1-6,11,14-15,17-18,23,33H,7-10,12-13H2. The van der Waals surface area contributed by atoms with E-state index in [2.05, 4.69) is 28.5 Å². The van der Waals surface area contributed by atoms with Gasteiger partial charge in [-0.15, -0.1) is 5.10 Å². The number of carbonyl (C=O) groups is 1. The molecule has 3 aromatic rings. The quantitative estimate of drug-likeness (QED) is 0.622. The van der Waals surface area contributed by atoms with Gasteiger partial charge in [0.2, 0.25) is 5.91 Å². The fourth-order valence-electron chi connectivity index (χ4n) is 4.94. The minimum Gasteiger partial charge on any atom is -0.393 e. The lowest BCUT2D eigenvalue weighted by molar-refractivity contribution is -0.137. The van der Waals surface area contributed by atoms with Crippen LogP contribution < -0.4 is 5.22 Å². The molecule has 1 saturated heterocycles. The molecule has 6 nitrogen and oxygen atoms in total. The Morgan fingerprint density at radius 2 is 1.91 bits per heavy atom. The Bertz CT molecular complexity index is 1260. The summed E-state index contributed by atoms with van der Waals surface area (Å²) in [4.78, 5) is 14.4. The topological polar surface area (TPSA) is 70.7 Å². The van der Waals surface area contributed by atoms with Crippen LogP contribution in [0, 0.1) is 11.8 Å². The van der Waals surface area contributed by atoms with Crippen molar-refractivity contribution in [3.63, 3.8) is 0 Å². The lowest BCUT2D eigenvalue weighted by atomic mass is 9.84. The van der Waals surface area contributed by atoms with E-state index in [-0.39, 0.29) is 24.2 Å². The second kappa shape index (κ2) is 8.87. The third-order valence-corrected chi connectivity index (χ3v) is 6.91. The number of halogens is 3. The smallest absolute Gasteiger partial charge is 0.393 e. The average Bonchev–Trinajstić information content (AvgIpc) is 3.40. The second-order valence-corrected chi connectivity index (χ2v) is 9.14. The molecule has 2 atom stereocenters. The van der Waals surface area contributed by atoms with Gasteiger partial charge in [-0.3, -0.25) is 4.79 Å². The molecule has 1 fully saturated rings. The van der Waals surface area contributed by atoms with Crippen LogP contribution >= 0.6 is 0 Å². The van der Waals surface area contributed by atoms with Crippen LogP contribution in [0.25, 0.3) is 17.7 Å². The predicted octanol–water partition coefficient (Wildman–Crippen LogP) is 3.12. The van der Waals surface area contributed by atoms with E-state index < -0.39 is 17.8 Å². The van der Waals surface area contributed by atoms with Crippen molar-refractivity contribution in [2.45, 2.75) is 38.0 Å². The van der Waals surface area contributed by atoms with Gasteiger partial charge in [-0.25, -0.2) is 4.52 Å². The highest BCUT2D eigenvalue weighted by atomic mass is 19.4. The van der Waals surface area contributed by atoms with E-state index in [0.29, 0.717) is 37.9 Å². The van der Waals surface area contributed by atoms with Gasteiger partial charge in [-0.2, -0.15) is 13.2 Å². The predicted molar refractivity (Wildman–Crippen MR) is 120 cm³/mol. The largest absolute Gasteiger partial charge is 0.416 e. The number of aliphatic hydroxyl groups excluding tert-OH is 1. The van der Waals surface area contributed by atoms with Crippen molar-refractivity contribution < 1.29 is 23.1 Å². The van der Waals surface area contributed by atoms with Crippen LogP contribution in [0.1, 0.15) is 36.0 Å². The van der Waals surface area contributed by atoms with Crippen LogP contribution in [0.2, 0.25) is 0 Å². The molecule has 0 spiro atoms. The number of hydrogen-bond acceptors (Lipinski definition) is 4. The summed E-state index contributed by atoms with van der Waals surface area (Å²) in [5.41, 5.74) is 1.90. The third-order valence-electron chi connectivity index (χ3n) is 6.91. The Kier molecular flexibility index (Phi) is 5.89. The number of allylic oxidation sites excluding steroid dienone is 1. The van der Waals surface area contributed by atoms with Gasteiger partial charge in [0.25, 0.3) is 0 Å². The lowest BCUT2D eigenvalue weighted by Crippen LogP contribution is -2.42. The molecule has 178 valence electrons. The maximum absolute atomic E-state index is 12.7. The third kappa shape index (κ3) is 4.57. The number of carbonyl (C=O) groups excluding carboxylic acids is 1. The number of piperidine rings is 1. The molecule has 2 unspecified atom stereocenters. The van der Waals surface area contributed by atoms with Gasteiger partial charge in [0.05, 0.1) is 29.8 Å². The van der Waals surface area contributed by atoms with Gasteiger partial charge in [0, 0.05) is 30.1 Å². The van der Waals surface area contributed by atoms with Gasteiger partial charge in [0.1, 0.15) is 0 Å². The van der Waals surface area contributed by atoms with Crippen molar-refractivity contribution in [1.29, 1.82) is 0 Å². The highest BCUT2D eigenvalue weighted by Crippen LogP contribution is 2.30. The Balaban J connectivity index is 1.14. The summed E-state index contributed by atoms with van der Waals surface area (Å²) in [6, 6.07) is 4.73. The maximum Gasteiger partial charge on any atom is 0.416 e. The second-order valence-electron chi connectivity index (χ2n) is 9.14. The molecule has 0 radical (unpaired) electrons. The molecule has 1 amide bonds. The number of aliphatic hydroxyl groups is 1. The molecule has 1 N–H and O–H groups in total. The number of benzene rings is 1. The first-order chi connectivity index (χ1) is 16.3. The summed E-state index contributed by atoms with van der Waals surface area (Å²) < 4.78 is 39.9. The van der Waals surface area contributed by atoms with E-state index in [0.717, 1.165) is 28.4 Å². The molecular formula is C25H25F3N4O2. The van der Waals surface area contributed by atoms with Crippen molar-refractivity contribution in [3.8, 4) is 0 Å². The van der Waals surface area contributed by atoms with Crippen molar-refractivity contribution in [2.24, 2.45) is 11.8 Å². The molecule has 2 aliphatic rings. The number of amides is 1. The minimum atomic E-state index is -4.38. The Labute approximate surface area is 194 Å². The van der Waals surface area contributed by atoms with Crippen LogP contribution in [-0.2, 0) is 17.4 Å². The SMILES string of the molecule is O=C(Cc1ccc(C(F)(F)F)cc1)N1CCC(C(O)CC2C=Cc3cn4nncc4c3=C2)CC1. The fourth-order valence-corrected chi connectivity index (χ4v) is 4.94. The van der Waals surface area contributed by atoms with E-state index in [1.54, 1.807) is 15.6 Å². The molecular weight excluding hydrogens is 445 g/mol. The van der Waals surface area contributed by atoms with Gasteiger partial charge < -0.3 is 10.0 Å². The van der Waals surface area contributed by atoms with Crippen LogP contribution in [0.15, 0.2) is 42.7 Å². The highest BCUT2D eigenvalue weighted by Gasteiger charge is 2.31. The first-order valence-corrected chi connectivity index (χ1v) is 11.4. The van der Waals surface area contributed by atoms with Crippen molar-refractivity contribution in [3.05, 3.63) is 64.6 Å². The van der Waals surface area contributed by atoms with Crippen molar-refractivity contribution in [1.82, 2.24) is 19.7 Å². The molecule has 9 heteroatoms. The molecule has 5 rings (SSSR count). The summed E-state index contributed by atoms with van der Waals surface area (Å²) in [5, 5.41) is 19.9. The first kappa shape index (κ1) is 22.6. The lowest BCUT2D eigenvalue weighted by Gasteiger charge is -2.35. The van der Waals surface area contributed by atoms with E-state index >= 15 is 0 Å². The van der Waals surface area contributed by atoms with Crippen molar-refractivity contribution in [2.75, 3.05) is 13.1 Å².